The van der Waals surface area contributed by atoms with E-state index >= 15 is 0 Å². The van der Waals surface area contributed by atoms with Crippen molar-refractivity contribution in [2.45, 2.75) is 0 Å². The zero-order valence-corrected chi connectivity index (χ0v) is 12.3. The number of urea groups is 1. The number of amidine groups is 1. The fourth-order valence-electron chi connectivity index (χ4n) is 2.27. The quantitative estimate of drug-likeness (QED) is 0.834. The summed E-state index contributed by atoms with van der Waals surface area (Å²) in [4.78, 5) is 20.1. The second kappa shape index (κ2) is 5.99. The molecule has 0 saturated carbocycles. The van der Waals surface area contributed by atoms with Crippen molar-refractivity contribution in [3.8, 4) is 0 Å². The van der Waals surface area contributed by atoms with E-state index in [4.69, 9.17) is 17.3 Å². The van der Waals surface area contributed by atoms with Gasteiger partial charge >= 0.3 is 6.03 Å². The van der Waals surface area contributed by atoms with Crippen LogP contribution in [-0.4, -0.2) is 24.1 Å². The number of nitrogens with zero attached hydrogens (tertiary/aromatic N) is 2. The van der Waals surface area contributed by atoms with Crippen LogP contribution in [0.1, 0.15) is 11.1 Å². The molecule has 2 aromatic rings. The lowest BCUT2D eigenvalue weighted by Gasteiger charge is -2.08. The maximum atomic E-state index is 11.1. The van der Waals surface area contributed by atoms with Gasteiger partial charge in [-0.1, -0.05) is 41.9 Å². The molecule has 3 N–H and O–H groups in total. The standard InChI is InChI=1S/C16H13ClN4O/c17-11-6-7-13-12(8-11)15(10-4-2-1-3-5-10)19-9-14(20-13)21-16(18)22/h1-8H,9H2,(H3,18,20,21,22). The van der Waals surface area contributed by atoms with Gasteiger partial charge in [0.2, 0.25) is 0 Å². The lowest BCUT2D eigenvalue weighted by molar-refractivity contribution is 0.253. The average molecular weight is 313 g/mol. The number of hydrogen-bond donors (Lipinski definition) is 2. The Hall–Kier alpha value is -2.66. The predicted molar refractivity (Wildman–Crippen MR) is 88.2 cm³/mol. The summed E-state index contributed by atoms with van der Waals surface area (Å²) >= 11 is 6.11. The highest BCUT2D eigenvalue weighted by Gasteiger charge is 2.17. The number of primary amides is 1. The van der Waals surface area contributed by atoms with Crippen molar-refractivity contribution in [2.75, 3.05) is 6.54 Å². The van der Waals surface area contributed by atoms with Gasteiger partial charge in [-0.15, -0.1) is 0 Å². The number of fused-ring (bicyclic) bond motifs is 1. The van der Waals surface area contributed by atoms with Gasteiger partial charge in [0.15, 0.2) is 0 Å². The van der Waals surface area contributed by atoms with Gasteiger partial charge in [-0.05, 0) is 18.2 Å². The number of amides is 2. The van der Waals surface area contributed by atoms with E-state index in [9.17, 15) is 4.79 Å². The summed E-state index contributed by atoms with van der Waals surface area (Å²) in [5.74, 6) is 0.405. The number of benzene rings is 2. The van der Waals surface area contributed by atoms with Crippen molar-refractivity contribution in [1.29, 1.82) is 0 Å². The largest absolute Gasteiger partial charge is 0.351 e. The average Bonchev–Trinajstić information content (AvgIpc) is 2.66. The summed E-state index contributed by atoms with van der Waals surface area (Å²) in [5, 5.41) is 3.10. The van der Waals surface area contributed by atoms with Crippen LogP contribution in [0.4, 0.5) is 10.5 Å². The number of nitrogens with two attached hydrogens (primary N) is 1. The van der Waals surface area contributed by atoms with Gasteiger partial charge in [0.25, 0.3) is 0 Å². The molecule has 0 spiro atoms. The molecule has 110 valence electrons. The fourth-order valence-corrected chi connectivity index (χ4v) is 2.44. The summed E-state index contributed by atoms with van der Waals surface area (Å²) < 4.78 is 0. The van der Waals surface area contributed by atoms with E-state index < -0.39 is 6.03 Å². The monoisotopic (exact) mass is 312 g/mol. The first-order valence-electron chi connectivity index (χ1n) is 6.67. The van der Waals surface area contributed by atoms with Crippen LogP contribution in [0.25, 0.3) is 0 Å². The van der Waals surface area contributed by atoms with Crippen molar-refractivity contribution in [3.05, 3.63) is 64.7 Å². The molecule has 1 aliphatic rings. The smallest absolute Gasteiger partial charge is 0.317 e. The van der Waals surface area contributed by atoms with Gasteiger partial charge < -0.3 is 5.73 Å². The highest BCUT2D eigenvalue weighted by Crippen LogP contribution is 2.28. The van der Waals surface area contributed by atoms with E-state index in [0.29, 0.717) is 16.5 Å². The minimum absolute atomic E-state index is 0.236. The molecular weight excluding hydrogens is 300 g/mol. The van der Waals surface area contributed by atoms with Crippen LogP contribution in [0.2, 0.25) is 5.02 Å². The third kappa shape index (κ3) is 2.99. The number of halogens is 1. The van der Waals surface area contributed by atoms with Crippen molar-refractivity contribution in [3.63, 3.8) is 0 Å². The molecule has 0 saturated heterocycles. The number of rotatable bonds is 1. The lowest BCUT2D eigenvalue weighted by Crippen LogP contribution is -2.36. The molecule has 22 heavy (non-hydrogen) atoms. The van der Waals surface area contributed by atoms with Gasteiger partial charge in [-0.3, -0.25) is 10.3 Å². The molecule has 0 radical (unpaired) electrons. The van der Waals surface area contributed by atoms with Crippen molar-refractivity contribution in [2.24, 2.45) is 15.7 Å². The molecule has 1 aliphatic heterocycles. The van der Waals surface area contributed by atoms with Crippen molar-refractivity contribution >= 4 is 34.9 Å². The number of nitrogens with one attached hydrogen (secondary N) is 1. The summed E-state index contributed by atoms with van der Waals surface area (Å²) in [6.45, 7) is 0.236. The van der Waals surface area contributed by atoms with Crippen LogP contribution >= 0.6 is 11.6 Å². The molecule has 0 bridgehead atoms. The van der Waals surface area contributed by atoms with E-state index in [1.165, 1.54) is 0 Å². The zero-order valence-electron chi connectivity index (χ0n) is 11.6. The Morgan fingerprint density at radius 3 is 2.68 bits per heavy atom. The normalized spacial score (nSPS) is 13.5. The van der Waals surface area contributed by atoms with Crippen LogP contribution in [0, 0.1) is 0 Å². The van der Waals surface area contributed by atoms with Crippen molar-refractivity contribution < 1.29 is 4.79 Å². The summed E-state index contributed by atoms with van der Waals surface area (Å²) in [5.41, 5.74) is 8.41. The van der Waals surface area contributed by atoms with Crippen LogP contribution in [0.15, 0.2) is 58.5 Å². The molecule has 0 fully saturated rings. The Kier molecular flexibility index (Phi) is 3.89. The molecule has 2 amide bonds. The summed E-state index contributed by atoms with van der Waals surface area (Å²) in [6, 6.07) is 14.5. The Bertz CT molecular complexity index is 784. The first-order valence-corrected chi connectivity index (χ1v) is 7.05. The molecule has 2 aromatic carbocycles. The number of aliphatic imine (C=N–C) groups is 2. The minimum Gasteiger partial charge on any atom is -0.351 e. The van der Waals surface area contributed by atoms with Crippen LogP contribution in [-0.2, 0) is 0 Å². The van der Waals surface area contributed by atoms with Crippen LogP contribution in [0.5, 0.6) is 0 Å². The second-order valence-electron chi connectivity index (χ2n) is 4.74. The second-order valence-corrected chi connectivity index (χ2v) is 5.18. The highest BCUT2D eigenvalue weighted by atomic mass is 35.5. The molecule has 0 aromatic heterocycles. The van der Waals surface area contributed by atoms with Gasteiger partial charge in [0.05, 0.1) is 17.9 Å². The van der Waals surface area contributed by atoms with E-state index in [-0.39, 0.29) is 6.54 Å². The van der Waals surface area contributed by atoms with E-state index in [0.717, 1.165) is 16.8 Å². The Balaban J connectivity index is 2.13. The predicted octanol–water partition coefficient (Wildman–Crippen LogP) is 2.89. The highest BCUT2D eigenvalue weighted by molar-refractivity contribution is 6.31. The van der Waals surface area contributed by atoms with Gasteiger partial charge in [0.1, 0.15) is 5.84 Å². The number of carbonyl (C=O) groups is 1. The van der Waals surface area contributed by atoms with E-state index in [1.54, 1.807) is 12.1 Å². The lowest BCUT2D eigenvalue weighted by atomic mass is 10.0. The molecule has 5 nitrogen and oxygen atoms in total. The first kappa shape index (κ1) is 14.3. The minimum atomic E-state index is -0.660. The zero-order chi connectivity index (χ0) is 15.5. The van der Waals surface area contributed by atoms with Crippen LogP contribution < -0.4 is 11.1 Å². The summed E-state index contributed by atoms with van der Waals surface area (Å²) in [7, 11) is 0. The summed E-state index contributed by atoms with van der Waals surface area (Å²) in [6.07, 6.45) is 0. The molecule has 0 atom stereocenters. The first-order chi connectivity index (χ1) is 10.6. The number of hydrogen-bond acceptors (Lipinski definition) is 3. The Labute approximate surface area is 132 Å². The maximum absolute atomic E-state index is 11.1. The number of carbonyl (C=O) groups excluding carboxylic acids is 1. The SMILES string of the molecule is NC(=O)NC1=Nc2ccc(Cl)cc2C(c2ccccc2)=NC1. The third-order valence-corrected chi connectivity index (χ3v) is 3.41. The van der Waals surface area contributed by atoms with Crippen LogP contribution in [0.3, 0.4) is 0 Å². The van der Waals surface area contributed by atoms with Gasteiger partial charge in [0, 0.05) is 16.1 Å². The molecule has 0 aliphatic carbocycles. The Morgan fingerprint density at radius 2 is 1.95 bits per heavy atom. The fraction of sp³-hybridized carbons (Fsp3) is 0.0625. The topological polar surface area (TPSA) is 79.8 Å². The maximum Gasteiger partial charge on any atom is 0.317 e. The molecule has 1 heterocycles. The van der Waals surface area contributed by atoms with Gasteiger partial charge in [-0.25, -0.2) is 9.79 Å². The van der Waals surface area contributed by atoms with Gasteiger partial charge in [-0.2, -0.15) is 0 Å². The van der Waals surface area contributed by atoms with Crippen molar-refractivity contribution in [1.82, 2.24) is 5.32 Å². The third-order valence-electron chi connectivity index (χ3n) is 3.17. The molecule has 3 rings (SSSR count). The van der Waals surface area contributed by atoms with E-state index in [2.05, 4.69) is 15.3 Å². The Morgan fingerprint density at radius 1 is 1.18 bits per heavy atom. The van der Waals surface area contributed by atoms with E-state index in [1.807, 2.05) is 36.4 Å². The molecular formula is C16H13ClN4O. The molecule has 0 unspecified atom stereocenters. The molecule has 6 heteroatoms.